The van der Waals surface area contributed by atoms with Crippen molar-refractivity contribution in [2.24, 2.45) is 0 Å². The summed E-state index contributed by atoms with van der Waals surface area (Å²) in [5, 5.41) is 8.65. The van der Waals surface area contributed by atoms with E-state index in [9.17, 15) is 9.59 Å². The molecule has 1 aliphatic rings. The third kappa shape index (κ3) is 5.84. The van der Waals surface area contributed by atoms with Gasteiger partial charge in [0.15, 0.2) is 0 Å². The van der Waals surface area contributed by atoms with Crippen LogP contribution in [0, 0.1) is 0 Å². The van der Waals surface area contributed by atoms with Crippen molar-refractivity contribution in [2.75, 3.05) is 37.5 Å². The van der Waals surface area contributed by atoms with Crippen molar-refractivity contribution < 1.29 is 14.3 Å². The third-order valence-electron chi connectivity index (χ3n) is 6.30. The van der Waals surface area contributed by atoms with Crippen LogP contribution in [0.25, 0.3) is 16.9 Å². The van der Waals surface area contributed by atoms with Crippen molar-refractivity contribution in [1.82, 2.24) is 15.1 Å². The predicted octanol–water partition coefficient (Wildman–Crippen LogP) is 5.78. The number of hydrogen-bond donors (Lipinski definition) is 1. The van der Waals surface area contributed by atoms with E-state index in [-0.39, 0.29) is 29.4 Å². The van der Waals surface area contributed by atoms with E-state index in [1.807, 2.05) is 72.8 Å². The van der Waals surface area contributed by atoms with Crippen molar-refractivity contribution in [2.45, 2.75) is 5.25 Å². The molecule has 7 nitrogen and oxygen atoms in total. The molecule has 1 aromatic heterocycles. The summed E-state index contributed by atoms with van der Waals surface area (Å²) in [5.74, 6) is 0.156. The third-order valence-corrected chi connectivity index (χ3v) is 8.11. The Morgan fingerprint density at radius 1 is 1.08 bits per heavy atom. The number of carbonyl (C=O) groups is 2. The fraction of sp³-hybridized carbons (Fsp3) is 0.207. The van der Waals surface area contributed by atoms with Crippen LogP contribution < -0.4 is 10.2 Å². The Morgan fingerprint density at radius 3 is 2.59 bits per heavy atom. The number of aromatic nitrogens is 2. The van der Waals surface area contributed by atoms with E-state index >= 15 is 0 Å². The highest BCUT2D eigenvalue weighted by Gasteiger charge is 2.38. The predicted molar refractivity (Wildman–Crippen MR) is 157 cm³/mol. The molecule has 0 spiro atoms. The number of para-hydroxylation sites is 1. The van der Waals surface area contributed by atoms with Crippen LogP contribution in [-0.4, -0.2) is 54.2 Å². The normalized spacial score (nSPS) is 15.1. The van der Waals surface area contributed by atoms with Crippen LogP contribution in [0.1, 0.15) is 16.4 Å². The molecule has 0 aliphatic carbocycles. The minimum absolute atomic E-state index is 0.161. The fourth-order valence-corrected chi connectivity index (χ4v) is 6.15. The van der Waals surface area contributed by atoms with E-state index in [4.69, 9.17) is 33.0 Å². The number of nitrogens with one attached hydrogen (secondary N) is 1. The minimum atomic E-state index is -0.300. The number of rotatable bonds is 8. The number of carbonyl (C=O) groups excluding carboxylic acids is 2. The van der Waals surface area contributed by atoms with Crippen LogP contribution in [-0.2, 0) is 14.3 Å². The van der Waals surface area contributed by atoms with E-state index < -0.39 is 0 Å². The number of nitrogens with zero attached hydrogens (tertiary/aromatic N) is 3. The van der Waals surface area contributed by atoms with Gasteiger partial charge in [-0.2, -0.15) is 5.10 Å². The molecule has 10 heteroatoms. The van der Waals surface area contributed by atoms with Crippen LogP contribution >= 0.6 is 35.0 Å². The molecule has 4 aromatic rings. The molecular formula is C29H26Cl2N4O3S. The van der Waals surface area contributed by atoms with Crippen molar-refractivity contribution in [3.05, 3.63) is 100 Å². The van der Waals surface area contributed by atoms with Gasteiger partial charge < -0.3 is 10.1 Å². The average Bonchev–Trinajstić information content (AvgIpc) is 3.26. The van der Waals surface area contributed by atoms with Crippen LogP contribution in [0.3, 0.4) is 0 Å². The lowest BCUT2D eigenvalue weighted by Crippen LogP contribution is -2.43. The Hall–Kier alpha value is -3.30. The topological polar surface area (TPSA) is 76.5 Å². The summed E-state index contributed by atoms with van der Waals surface area (Å²) in [5.41, 5.74) is 3.92. The Balaban J connectivity index is 1.77. The summed E-state index contributed by atoms with van der Waals surface area (Å²) in [6, 6.07) is 24.7. The van der Waals surface area contributed by atoms with Gasteiger partial charge in [-0.1, -0.05) is 77.8 Å². The van der Waals surface area contributed by atoms with Gasteiger partial charge in [0, 0.05) is 29.8 Å². The van der Waals surface area contributed by atoms with E-state index in [0.717, 1.165) is 16.7 Å². The summed E-state index contributed by atoms with van der Waals surface area (Å²) in [7, 11) is 1.57. The van der Waals surface area contributed by atoms with Gasteiger partial charge in [0.1, 0.15) is 12.4 Å². The summed E-state index contributed by atoms with van der Waals surface area (Å²) in [6.45, 7) is 0.527. The highest BCUT2D eigenvalue weighted by molar-refractivity contribution is 8.00. The van der Waals surface area contributed by atoms with Gasteiger partial charge in [-0.3, -0.25) is 14.5 Å². The quantitative estimate of drug-likeness (QED) is 0.267. The maximum atomic E-state index is 13.7. The van der Waals surface area contributed by atoms with Crippen LogP contribution in [0.5, 0.6) is 0 Å². The molecule has 0 bridgehead atoms. The second-order valence-corrected chi connectivity index (χ2v) is 10.8. The van der Waals surface area contributed by atoms with Crippen LogP contribution in [0.2, 0.25) is 10.0 Å². The Kier molecular flexibility index (Phi) is 8.57. The molecule has 2 amide bonds. The zero-order valence-corrected chi connectivity index (χ0v) is 23.5. The number of anilines is 1. The highest BCUT2D eigenvalue weighted by atomic mass is 35.5. The van der Waals surface area contributed by atoms with Gasteiger partial charge in [-0.25, -0.2) is 4.68 Å². The molecule has 2 heterocycles. The molecule has 200 valence electrons. The molecule has 0 saturated carbocycles. The molecule has 39 heavy (non-hydrogen) atoms. The molecule has 0 radical (unpaired) electrons. The minimum Gasteiger partial charge on any atom is -0.383 e. The zero-order valence-electron chi connectivity index (χ0n) is 21.1. The Labute approximate surface area is 241 Å². The number of thioether (sulfide) groups is 1. The first-order valence-electron chi connectivity index (χ1n) is 12.3. The second-order valence-electron chi connectivity index (χ2n) is 8.88. The van der Waals surface area contributed by atoms with Gasteiger partial charge >= 0.3 is 0 Å². The van der Waals surface area contributed by atoms with Gasteiger partial charge in [0.25, 0.3) is 0 Å². The molecule has 3 aromatic carbocycles. The molecule has 1 aliphatic heterocycles. The van der Waals surface area contributed by atoms with Crippen molar-refractivity contribution in [1.29, 1.82) is 0 Å². The number of fused-ring (bicyclic) bond motifs is 1. The second kappa shape index (κ2) is 12.3. The first kappa shape index (κ1) is 27.3. The molecular weight excluding hydrogens is 555 g/mol. The monoisotopic (exact) mass is 580 g/mol. The lowest BCUT2D eigenvalue weighted by molar-refractivity contribution is -0.123. The Morgan fingerprint density at radius 2 is 1.85 bits per heavy atom. The summed E-state index contributed by atoms with van der Waals surface area (Å²) < 4.78 is 6.74. The fourth-order valence-electron chi connectivity index (χ4n) is 4.54. The zero-order chi connectivity index (χ0) is 27.4. The molecule has 1 unspecified atom stereocenters. The number of ether oxygens (including phenoxy) is 1. The van der Waals surface area contributed by atoms with Crippen LogP contribution in [0.15, 0.2) is 78.9 Å². The molecule has 5 rings (SSSR count). The number of halogens is 2. The molecule has 0 fully saturated rings. The molecule has 1 atom stereocenters. The van der Waals surface area contributed by atoms with Gasteiger partial charge in [0.05, 0.1) is 34.0 Å². The van der Waals surface area contributed by atoms with Crippen LogP contribution in [0.4, 0.5) is 5.82 Å². The molecule has 0 saturated heterocycles. The van der Waals surface area contributed by atoms with E-state index in [0.29, 0.717) is 40.4 Å². The van der Waals surface area contributed by atoms with E-state index in [1.165, 1.54) is 16.7 Å². The van der Waals surface area contributed by atoms with E-state index in [2.05, 4.69) is 5.32 Å². The maximum absolute atomic E-state index is 13.7. The van der Waals surface area contributed by atoms with Gasteiger partial charge in [-0.05, 0) is 29.8 Å². The lowest BCUT2D eigenvalue weighted by atomic mass is 9.99. The Bertz CT molecular complexity index is 1500. The van der Waals surface area contributed by atoms with Gasteiger partial charge in [-0.15, -0.1) is 11.8 Å². The SMILES string of the molecule is COCCNC(=O)CN1C(=O)CSC(c2cccc(Cl)c2)c2c(-c3ccccc3)nn(-c3ccccc3Cl)c21. The number of hydrogen-bond acceptors (Lipinski definition) is 5. The average molecular weight is 582 g/mol. The van der Waals surface area contributed by atoms with Crippen molar-refractivity contribution in [3.8, 4) is 16.9 Å². The smallest absolute Gasteiger partial charge is 0.240 e. The largest absolute Gasteiger partial charge is 0.383 e. The van der Waals surface area contributed by atoms with Gasteiger partial charge in [0.2, 0.25) is 11.8 Å². The van der Waals surface area contributed by atoms with Crippen molar-refractivity contribution in [3.63, 3.8) is 0 Å². The number of methoxy groups -OCH3 is 1. The summed E-state index contributed by atoms with van der Waals surface area (Å²) in [6.07, 6.45) is 0. The molecule has 1 N–H and O–H groups in total. The number of amides is 2. The van der Waals surface area contributed by atoms with Crippen molar-refractivity contribution >= 4 is 52.6 Å². The summed E-state index contributed by atoms with van der Waals surface area (Å²) >= 11 is 14.6. The standard InChI is InChI=1S/C29H26Cl2N4O3S/c1-38-15-14-32-24(36)17-34-25(37)18-39-28(20-10-7-11-21(30)16-20)26-27(19-8-3-2-4-9-19)33-35(29(26)34)23-13-6-5-12-22(23)31/h2-13,16,28H,14-15,17-18H2,1H3,(H,32,36). The summed E-state index contributed by atoms with van der Waals surface area (Å²) in [4.78, 5) is 28.2. The lowest BCUT2D eigenvalue weighted by Gasteiger charge is -2.23. The van der Waals surface area contributed by atoms with E-state index in [1.54, 1.807) is 17.9 Å². The highest BCUT2D eigenvalue weighted by Crippen LogP contribution is 2.49. The first-order valence-corrected chi connectivity index (χ1v) is 14.1. The first-order chi connectivity index (χ1) is 19.0. The number of benzene rings is 3. The maximum Gasteiger partial charge on any atom is 0.240 e.